The van der Waals surface area contributed by atoms with Crippen LogP contribution in [0.25, 0.3) is 16.8 Å². The number of hydrogen-bond acceptors (Lipinski definition) is 5. The van der Waals surface area contributed by atoms with E-state index in [4.69, 9.17) is 0 Å². The molecule has 3 N–H and O–H groups in total. The highest BCUT2D eigenvalue weighted by molar-refractivity contribution is 6.22. The zero-order valence-electron chi connectivity index (χ0n) is 23.2. The van der Waals surface area contributed by atoms with Crippen LogP contribution >= 0.6 is 0 Å². The number of hydrogen-bond donors (Lipinski definition) is 3. The van der Waals surface area contributed by atoms with Crippen LogP contribution in [0.5, 0.6) is 5.75 Å². The molecule has 5 rings (SSSR count). The number of phenols is 1. The van der Waals surface area contributed by atoms with Crippen LogP contribution in [0.15, 0.2) is 83.4 Å². The Kier molecular flexibility index (Phi) is 7.92. The second-order valence-corrected chi connectivity index (χ2v) is 11.4. The van der Waals surface area contributed by atoms with Gasteiger partial charge in [-0.3, -0.25) is 14.5 Å². The molecule has 1 aliphatic carbocycles. The maximum absolute atomic E-state index is 13.6. The molecule has 1 fully saturated rings. The Hall–Kier alpha value is -3.74. The molecular formula is C34H37NO5. The van der Waals surface area contributed by atoms with Crippen molar-refractivity contribution in [1.29, 1.82) is 0 Å². The molecule has 3 aromatic rings. The summed E-state index contributed by atoms with van der Waals surface area (Å²) in [6.07, 6.45) is 2.68. The lowest BCUT2D eigenvalue weighted by Gasteiger charge is -2.38. The lowest BCUT2D eigenvalue weighted by atomic mass is 9.66. The van der Waals surface area contributed by atoms with Crippen LogP contribution in [0.4, 0.5) is 5.69 Å². The molecule has 0 unspecified atom stereocenters. The Bertz CT molecular complexity index is 1490. The van der Waals surface area contributed by atoms with Crippen LogP contribution in [0.3, 0.4) is 0 Å². The number of imide groups is 1. The molecular weight excluding hydrogens is 502 g/mol. The fourth-order valence-electron chi connectivity index (χ4n) is 6.57. The van der Waals surface area contributed by atoms with Crippen molar-refractivity contribution in [3.8, 4) is 5.75 Å². The molecule has 0 aromatic heterocycles. The van der Waals surface area contributed by atoms with E-state index in [0.717, 1.165) is 33.1 Å². The molecule has 0 saturated carbocycles. The molecule has 3 aromatic carbocycles. The van der Waals surface area contributed by atoms with Crippen LogP contribution in [-0.4, -0.2) is 39.8 Å². The highest BCUT2D eigenvalue weighted by Crippen LogP contribution is 2.48. The smallest absolute Gasteiger partial charge is 0.238 e. The number of allylic oxidation sites excluding steroid dienone is 2. The van der Waals surface area contributed by atoms with Gasteiger partial charge in [-0.2, -0.15) is 0 Å². The number of amides is 2. The molecule has 6 heteroatoms. The fraction of sp³-hybridized carbons (Fsp3) is 0.353. The summed E-state index contributed by atoms with van der Waals surface area (Å²) in [5.74, 6) is -2.07. The Balaban J connectivity index is 1.40. The minimum Gasteiger partial charge on any atom is -0.507 e. The van der Waals surface area contributed by atoms with Crippen molar-refractivity contribution in [2.75, 3.05) is 11.5 Å². The van der Waals surface area contributed by atoms with Crippen molar-refractivity contribution in [3.05, 3.63) is 89.0 Å². The van der Waals surface area contributed by atoms with Crippen molar-refractivity contribution >= 4 is 34.4 Å². The molecule has 40 heavy (non-hydrogen) atoms. The standard InChI is InChI=1S/C34H37NO5/c1-20(2)26-18-27-32(34(40)35(33(27)39)23-9-5-4-6-10-23)28(19-36)31(26)30(38)15-13-21(3)17-22-14-16-29(37)25-12-8-7-11-24(22)25/h4-12,14,16-17,20,27-28,30,32,36-38H,13,15,18-19H2,1-3H3/b21-17+/t27-,28+,30-,32-/m1/s1. The van der Waals surface area contributed by atoms with Gasteiger partial charge in [-0.05, 0) is 66.8 Å². The van der Waals surface area contributed by atoms with Crippen LogP contribution in [0.1, 0.15) is 45.6 Å². The third-order valence-corrected chi connectivity index (χ3v) is 8.54. The Morgan fingerprint density at radius 1 is 0.975 bits per heavy atom. The highest BCUT2D eigenvalue weighted by Gasteiger charge is 2.55. The molecule has 2 amide bonds. The fourth-order valence-corrected chi connectivity index (χ4v) is 6.57. The quantitative estimate of drug-likeness (QED) is 0.246. The number of aliphatic hydroxyl groups excluding tert-OH is 2. The summed E-state index contributed by atoms with van der Waals surface area (Å²) in [5.41, 5.74) is 4.29. The molecule has 6 nitrogen and oxygen atoms in total. The molecule has 1 saturated heterocycles. The number of carbonyl (C=O) groups is 2. The van der Waals surface area contributed by atoms with Gasteiger partial charge in [0.05, 0.1) is 30.2 Å². The molecule has 0 radical (unpaired) electrons. The molecule has 0 spiro atoms. The first-order valence-corrected chi connectivity index (χ1v) is 14.0. The number of rotatable bonds is 8. The minimum absolute atomic E-state index is 0.0633. The van der Waals surface area contributed by atoms with E-state index in [0.29, 0.717) is 24.9 Å². The van der Waals surface area contributed by atoms with Gasteiger partial charge >= 0.3 is 0 Å². The van der Waals surface area contributed by atoms with Crippen molar-refractivity contribution in [2.45, 2.75) is 46.1 Å². The van der Waals surface area contributed by atoms with Gasteiger partial charge in [0, 0.05) is 11.3 Å². The molecule has 2 aliphatic rings. The topological polar surface area (TPSA) is 98.1 Å². The van der Waals surface area contributed by atoms with E-state index in [2.05, 4.69) is 6.08 Å². The molecule has 208 valence electrons. The van der Waals surface area contributed by atoms with Crippen molar-refractivity contribution in [2.24, 2.45) is 23.7 Å². The van der Waals surface area contributed by atoms with Crippen LogP contribution in [0, 0.1) is 23.7 Å². The summed E-state index contributed by atoms with van der Waals surface area (Å²) < 4.78 is 0. The van der Waals surface area contributed by atoms with E-state index in [1.165, 1.54) is 4.90 Å². The van der Waals surface area contributed by atoms with Crippen LogP contribution < -0.4 is 4.90 Å². The second kappa shape index (κ2) is 11.4. The summed E-state index contributed by atoms with van der Waals surface area (Å²) in [6.45, 7) is 5.78. The zero-order valence-corrected chi connectivity index (χ0v) is 23.2. The lowest BCUT2D eigenvalue weighted by Crippen LogP contribution is -2.39. The Labute approximate surface area is 235 Å². The number of fused-ring (bicyclic) bond motifs is 2. The van der Waals surface area contributed by atoms with Gasteiger partial charge in [-0.15, -0.1) is 0 Å². The number of anilines is 1. The number of carbonyl (C=O) groups excluding carboxylic acids is 2. The summed E-state index contributed by atoms with van der Waals surface area (Å²) in [6, 6.07) is 20.2. The van der Waals surface area contributed by atoms with Crippen molar-refractivity contribution < 1.29 is 24.9 Å². The van der Waals surface area contributed by atoms with Crippen molar-refractivity contribution in [3.63, 3.8) is 0 Å². The van der Waals surface area contributed by atoms with Gasteiger partial charge in [0.25, 0.3) is 0 Å². The average molecular weight is 540 g/mol. The summed E-state index contributed by atoms with van der Waals surface area (Å²) in [5, 5.41) is 34.1. The highest BCUT2D eigenvalue weighted by atomic mass is 16.3. The third kappa shape index (κ3) is 4.98. The first-order valence-electron chi connectivity index (χ1n) is 14.0. The number of phenolic OH excluding ortho intramolecular Hbond substituents is 1. The monoisotopic (exact) mass is 539 g/mol. The average Bonchev–Trinajstić information content (AvgIpc) is 3.21. The van der Waals surface area contributed by atoms with E-state index in [-0.39, 0.29) is 30.1 Å². The van der Waals surface area contributed by atoms with E-state index < -0.39 is 23.9 Å². The molecule has 1 heterocycles. The largest absolute Gasteiger partial charge is 0.507 e. The number of aliphatic hydroxyl groups is 2. The van der Waals surface area contributed by atoms with E-state index >= 15 is 0 Å². The van der Waals surface area contributed by atoms with Gasteiger partial charge < -0.3 is 15.3 Å². The van der Waals surface area contributed by atoms with Gasteiger partial charge in [0.2, 0.25) is 11.8 Å². The first kappa shape index (κ1) is 27.8. The third-order valence-electron chi connectivity index (χ3n) is 8.54. The predicted octanol–water partition coefficient (Wildman–Crippen LogP) is 5.86. The van der Waals surface area contributed by atoms with Gasteiger partial charge in [0.1, 0.15) is 5.75 Å². The number of nitrogens with zero attached hydrogens (tertiary/aromatic N) is 1. The summed E-state index contributed by atoms with van der Waals surface area (Å²) in [7, 11) is 0. The summed E-state index contributed by atoms with van der Waals surface area (Å²) in [4.78, 5) is 28.4. The second-order valence-electron chi connectivity index (χ2n) is 11.4. The van der Waals surface area contributed by atoms with E-state index in [1.807, 2.05) is 57.2 Å². The van der Waals surface area contributed by atoms with Crippen LogP contribution in [0.2, 0.25) is 0 Å². The minimum atomic E-state index is -0.843. The van der Waals surface area contributed by atoms with Gasteiger partial charge in [-0.25, -0.2) is 0 Å². The molecule has 4 atom stereocenters. The molecule has 0 bridgehead atoms. The zero-order chi connectivity index (χ0) is 28.6. The number of benzene rings is 3. The lowest BCUT2D eigenvalue weighted by molar-refractivity contribution is -0.123. The van der Waals surface area contributed by atoms with E-state index in [1.54, 1.807) is 30.3 Å². The SMILES string of the molecule is C/C(=C\c1ccc(O)c2ccccc12)CC[C@@H](O)C1=C(C(C)C)C[C@H]2C(=O)N(c3ccccc3)C(=O)[C@H]2[C@H]1CO. The number of para-hydroxylation sites is 1. The van der Waals surface area contributed by atoms with Gasteiger partial charge in [-0.1, -0.05) is 79.6 Å². The predicted molar refractivity (Wildman–Crippen MR) is 157 cm³/mol. The van der Waals surface area contributed by atoms with Crippen LogP contribution in [-0.2, 0) is 9.59 Å². The molecule has 1 aliphatic heterocycles. The normalized spacial score (nSPS) is 22.4. The summed E-state index contributed by atoms with van der Waals surface area (Å²) >= 11 is 0. The maximum atomic E-state index is 13.6. The Morgan fingerprint density at radius 2 is 1.65 bits per heavy atom. The van der Waals surface area contributed by atoms with E-state index in [9.17, 15) is 24.9 Å². The Morgan fingerprint density at radius 3 is 2.33 bits per heavy atom. The first-order chi connectivity index (χ1) is 19.2. The van der Waals surface area contributed by atoms with Gasteiger partial charge in [0.15, 0.2) is 0 Å². The van der Waals surface area contributed by atoms with Crippen molar-refractivity contribution in [1.82, 2.24) is 0 Å². The number of aromatic hydroxyl groups is 1. The maximum Gasteiger partial charge on any atom is 0.238 e.